The Hall–Kier alpha value is -1.91. The summed E-state index contributed by atoms with van der Waals surface area (Å²) < 4.78 is 5.89. The summed E-state index contributed by atoms with van der Waals surface area (Å²) in [4.78, 5) is 14.2. The van der Waals surface area contributed by atoms with Crippen molar-refractivity contribution in [2.45, 2.75) is 57.0 Å². The van der Waals surface area contributed by atoms with E-state index in [-0.39, 0.29) is 11.9 Å². The van der Waals surface area contributed by atoms with Gasteiger partial charge in [-0.2, -0.15) is 0 Å². The molecule has 1 saturated heterocycles. The van der Waals surface area contributed by atoms with Gasteiger partial charge < -0.3 is 14.7 Å². The number of ether oxygens (including phenoxy) is 1. The van der Waals surface area contributed by atoms with Crippen molar-refractivity contribution in [2.24, 2.45) is 0 Å². The number of carbonyl (C=O) groups excluding carboxylic acids is 1. The van der Waals surface area contributed by atoms with Gasteiger partial charge >= 0.3 is 0 Å². The topological polar surface area (TPSA) is 49.8 Å². The number of β-lactam (4-membered cyclic amide) rings is 1. The lowest BCUT2D eigenvalue weighted by atomic mass is 9.88. The summed E-state index contributed by atoms with van der Waals surface area (Å²) in [7, 11) is 0. The summed E-state index contributed by atoms with van der Waals surface area (Å²) in [6, 6.07) is 9.56. The normalized spacial score (nSPS) is 24.0. The van der Waals surface area contributed by atoms with E-state index in [0.29, 0.717) is 19.6 Å². The zero-order valence-corrected chi connectivity index (χ0v) is 14.6. The Balaban J connectivity index is 1.64. The standard InChI is InChI=1S/C21H27NO3/c1-2-3-13-22-19(18(23)14-16-9-7-8-10-16)20(21(22)24)25-15-17-11-5-4-6-12-17/h2,4-6,9,11-12,18-20,23H,1,3,7-8,10,13-15H2/t18-,19+,20-/m1/s1. The predicted molar refractivity (Wildman–Crippen MR) is 97.9 cm³/mol. The van der Waals surface area contributed by atoms with Crippen LogP contribution in [0, 0.1) is 0 Å². The van der Waals surface area contributed by atoms with E-state index in [2.05, 4.69) is 12.7 Å². The Morgan fingerprint density at radius 1 is 1.36 bits per heavy atom. The molecule has 1 aliphatic heterocycles. The maximum atomic E-state index is 12.5. The number of allylic oxidation sites excluding steroid dienone is 1. The average molecular weight is 341 g/mol. The van der Waals surface area contributed by atoms with Gasteiger partial charge in [0.1, 0.15) is 0 Å². The lowest BCUT2D eigenvalue weighted by molar-refractivity contribution is -0.186. The van der Waals surface area contributed by atoms with Gasteiger partial charge in [0.2, 0.25) is 0 Å². The Bertz CT molecular complexity index is 625. The van der Waals surface area contributed by atoms with Crippen LogP contribution in [0.4, 0.5) is 0 Å². The van der Waals surface area contributed by atoms with Crippen LogP contribution in [0.1, 0.15) is 37.7 Å². The highest BCUT2D eigenvalue weighted by Crippen LogP contribution is 2.32. The van der Waals surface area contributed by atoms with E-state index < -0.39 is 12.2 Å². The fraction of sp³-hybridized carbons (Fsp3) is 0.476. The fourth-order valence-corrected chi connectivity index (χ4v) is 3.68. The second-order valence-electron chi connectivity index (χ2n) is 6.84. The van der Waals surface area contributed by atoms with E-state index in [4.69, 9.17) is 4.74 Å². The van der Waals surface area contributed by atoms with Crippen LogP contribution in [-0.2, 0) is 16.1 Å². The predicted octanol–water partition coefficient (Wildman–Crippen LogP) is 3.22. The van der Waals surface area contributed by atoms with Gasteiger partial charge in [-0.3, -0.25) is 4.79 Å². The minimum absolute atomic E-state index is 0.0257. The molecule has 0 unspecified atom stereocenters. The van der Waals surface area contributed by atoms with Crippen molar-refractivity contribution in [3.05, 3.63) is 60.2 Å². The summed E-state index contributed by atoms with van der Waals surface area (Å²) in [6.45, 7) is 4.70. The molecule has 134 valence electrons. The average Bonchev–Trinajstić information content (AvgIpc) is 3.13. The molecule has 3 rings (SSSR count). The SMILES string of the molecule is C=CCCN1C(=O)[C@H](OCc2ccccc2)[C@@H]1[C@H](O)CC1=CCCC1. The van der Waals surface area contributed by atoms with Gasteiger partial charge in [0.15, 0.2) is 6.10 Å². The van der Waals surface area contributed by atoms with Gasteiger partial charge in [-0.1, -0.05) is 48.1 Å². The summed E-state index contributed by atoms with van der Waals surface area (Å²) in [5.41, 5.74) is 2.34. The number of aliphatic hydroxyl groups excluding tert-OH is 1. The number of likely N-dealkylation sites (tertiary alicyclic amines) is 1. The first-order chi connectivity index (χ1) is 12.2. The molecule has 1 aliphatic carbocycles. The molecule has 0 radical (unpaired) electrons. The number of amides is 1. The molecule has 1 aromatic carbocycles. The van der Waals surface area contributed by atoms with Crippen LogP contribution in [0.15, 0.2) is 54.6 Å². The minimum Gasteiger partial charge on any atom is -0.391 e. The second kappa shape index (κ2) is 8.45. The fourth-order valence-electron chi connectivity index (χ4n) is 3.68. The largest absolute Gasteiger partial charge is 0.391 e. The Labute approximate surface area is 149 Å². The van der Waals surface area contributed by atoms with Crippen LogP contribution >= 0.6 is 0 Å². The zero-order chi connectivity index (χ0) is 17.6. The molecular weight excluding hydrogens is 314 g/mol. The second-order valence-corrected chi connectivity index (χ2v) is 6.84. The minimum atomic E-state index is -0.576. The van der Waals surface area contributed by atoms with E-state index in [1.54, 1.807) is 11.0 Å². The van der Waals surface area contributed by atoms with Gasteiger partial charge in [0.25, 0.3) is 5.91 Å². The van der Waals surface area contributed by atoms with Crippen LogP contribution in [0.2, 0.25) is 0 Å². The molecule has 3 atom stereocenters. The van der Waals surface area contributed by atoms with E-state index in [0.717, 1.165) is 24.8 Å². The summed E-state index contributed by atoms with van der Waals surface area (Å²) in [5, 5.41) is 10.7. The Kier molecular flexibility index (Phi) is 6.05. The number of hydrogen-bond acceptors (Lipinski definition) is 3. The number of rotatable bonds is 9. The molecule has 1 aromatic rings. The molecule has 1 N–H and O–H groups in total. The summed E-state index contributed by atoms with van der Waals surface area (Å²) in [5.74, 6) is -0.0257. The number of nitrogens with zero attached hydrogens (tertiary/aromatic N) is 1. The molecule has 2 aliphatic rings. The molecule has 0 aromatic heterocycles. The first kappa shape index (κ1) is 17.9. The lowest BCUT2D eigenvalue weighted by Gasteiger charge is -2.48. The zero-order valence-electron chi connectivity index (χ0n) is 14.6. The molecule has 0 spiro atoms. The van der Waals surface area contributed by atoms with Crippen LogP contribution in [0.5, 0.6) is 0 Å². The van der Waals surface area contributed by atoms with Gasteiger partial charge in [0.05, 0.1) is 18.8 Å². The molecule has 0 saturated carbocycles. The number of hydrogen-bond donors (Lipinski definition) is 1. The van der Waals surface area contributed by atoms with Gasteiger partial charge in [-0.05, 0) is 37.7 Å². The summed E-state index contributed by atoms with van der Waals surface area (Å²) >= 11 is 0. The monoisotopic (exact) mass is 341 g/mol. The smallest absolute Gasteiger partial charge is 0.254 e. The van der Waals surface area contributed by atoms with E-state index in [1.165, 1.54) is 12.0 Å². The maximum Gasteiger partial charge on any atom is 0.254 e. The maximum absolute atomic E-state index is 12.5. The van der Waals surface area contributed by atoms with Crippen LogP contribution in [0.25, 0.3) is 0 Å². The van der Waals surface area contributed by atoms with Crippen molar-refractivity contribution in [3.8, 4) is 0 Å². The first-order valence-electron chi connectivity index (χ1n) is 9.13. The van der Waals surface area contributed by atoms with Crippen molar-refractivity contribution in [1.29, 1.82) is 0 Å². The molecule has 0 bridgehead atoms. The molecule has 4 nitrogen and oxygen atoms in total. The third-order valence-corrected chi connectivity index (χ3v) is 5.04. The molecule has 1 heterocycles. The van der Waals surface area contributed by atoms with Crippen molar-refractivity contribution < 1.29 is 14.6 Å². The summed E-state index contributed by atoms with van der Waals surface area (Å²) in [6.07, 6.45) is 7.57. The number of benzene rings is 1. The molecule has 1 amide bonds. The van der Waals surface area contributed by atoms with E-state index >= 15 is 0 Å². The number of aliphatic hydroxyl groups is 1. The number of carbonyl (C=O) groups is 1. The molecule has 25 heavy (non-hydrogen) atoms. The van der Waals surface area contributed by atoms with Gasteiger partial charge in [-0.15, -0.1) is 6.58 Å². The van der Waals surface area contributed by atoms with Crippen LogP contribution in [0.3, 0.4) is 0 Å². The van der Waals surface area contributed by atoms with Crippen molar-refractivity contribution >= 4 is 5.91 Å². The van der Waals surface area contributed by atoms with E-state index in [9.17, 15) is 9.90 Å². The highest BCUT2D eigenvalue weighted by Gasteiger charge is 2.51. The molecule has 4 heteroatoms. The van der Waals surface area contributed by atoms with Crippen LogP contribution < -0.4 is 0 Å². The van der Waals surface area contributed by atoms with Crippen molar-refractivity contribution in [1.82, 2.24) is 4.90 Å². The van der Waals surface area contributed by atoms with Gasteiger partial charge in [0, 0.05) is 6.54 Å². The van der Waals surface area contributed by atoms with Crippen molar-refractivity contribution in [2.75, 3.05) is 6.54 Å². The Morgan fingerprint density at radius 3 is 2.84 bits per heavy atom. The third kappa shape index (κ3) is 4.20. The van der Waals surface area contributed by atoms with Crippen LogP contribution in [-0.4, -0.2) is 40.7 Å². The van der Waals surface area contributed by atoms with E-state index in [1.807, 2.05) is 30.3 Å². The lowest BCUT2D eigenvalue weighted by Crippen LogP contribution is -2.69. The Morgan fingerprint density at radius 2 is 2.16 bits per heavy atom. The molecule has 1 fully saturated rings. The highest BCUT2D eigenvalue weighted by atomic mass is 16.5. The third-order valence-electron chi connectivity index (χ3n) is 5.04. The highest BCUT2D eigenvalue weighted by molar-refractivity contribution is 5.88. The van der Waals surface area contributed by atoms with Gasteiger partial charge in [-0.25, -0.2) is 0 Å². The first-order valence-corrected chi connectivity index (χ1v) is 9.13. The van der Waals surface area contributed by atoms with Crippen molar-refractivity contribution in [3.63, 3.8) is 0 Å². The molecular formula is C21H27NO3. The quantitative estimate of drug-likeness (QED) is 0.554.